The van der Waals surface area contributed by atoms with Gasteiger partial charge in [0.2, 0.25) is 5.91 Å². The minimum Gasteiger partial charge on any atom is -0.508 e. The molecule has 0 saturated carbocycles. The van der Waals surface area contributed by atoms with Crippen LogP contribution in [0.5, 0.6) is 5.75 Å². The molecular weight excluding hydrogens is 351 g/mol. The zero-order valence-corrected chi connectivity index (χ0v) is 14.9. The molecule has 134 valence electrons. The lowest BCUT2D eigenvalue weighted by atomic mass is 10.1. The van der Waals surface area contributed by atoms with Gasteiger partial charge in [-0.3, -0.25) is 4.79 Å². The average molecular weight is 370 g/mol. The van der Waals surface area contributed by atoms with E-state index in [0.29, 0.717) is 25.8 Å². The summed E-state index contributed by atoms with van der Waals surface area (Å²) in [4.78, 5) is 16.5. The second kappa shape index (κ2) is 8.58. The van der Waals surface area contributed by atoms with Gasteiger partial charge in [0.25, 0.3) is 0 Å². The van der Waals surface area contributed by atoms with Crippen LogP contribution in [-0.2, 0) is 17.6 Å². The number of amides is 1. The van der Waals surface area contributed by atoms with Crippen LogP contribution in [-0.4, -0.2) is 22.5 Å². The van der Waals surface area contributed by atoms with Crippen molar-refractivity contribution < 1.29 is 14.3 Å². The summed E-state index contributed by atoms with van der Waals surface area (Å²) in [6.07, 6.45) is 1.51. The number of carbonyl (C=O) groups is 1. The van der Waals surface area contributed by atoms with E-state index in [2.05, 4.69) is 10.3 Å². The number of hydrogen-bond donors (Lipinski definition) is 2. The average Bonchev–Trinajstić information content (AvgIpc) is 3.11. The molecule has 0 bridgehead atoms. The minimum atomic E-state index is -0.273. The van der Waals surface area contributed by atoms with Gasteiger partial charge in [-0.05, 0) is 42.3 Å². The number of nitrogens with zero attached hydrogens (tertiary/aromatic N) is 1. The molecule has 6 heteroatoms. The molecule has 0 saturated heterocycles. The number of halogens is 1. The fraction of sp³-hybridized carbons (Fsp3) is 0.200. The Morgan fingerprint density at radius 3 is 2.65 bits per heavy atom. The van der Waals surface area contributed by atoms with E-state index in [0.717, 1.165) is 21.8 Å². The van der Waals surface area contributed by atoms with E-state index in [1.54, 1.807) is 24.3 Å². The summed E-state index contributed by atoms with van der Waals surface area (Å²) in [5.41, 5.74) is 2.47. The van der Waals surface area contributed by atoms with E-state index in [1.165, 1.54) is 23.5 Å². The van der Waals surface area contributed by atoms with Gasteiger partial charge in [-0.15, -0.1) is 11.3 Å². The van der Waals surface area contributed by atoms with Gasteiger partial charge in [-0.2, -0.15) is 0 Å². The van der Waals surface area contributed by atoms with Crippen molar-refractivity contribution in [3.8, 4) is 17.0 Å². The molecule has 0 aliphatic carbocycles. The molecule has 1 heterocycles. The van der Waals surface area contributed by atoms with E-state index in [1.807, 2.05) is 17.5 Å². The Balaban J connectivity index is 1.45. The third kappa shape index (κ3) is 4.89. The molecular formula is C20H19FN2O2S. The number of aromatic hydroxyl groups is 1. The molecule has 0 unspecified atom stereocenters. The van der Waals surface area contributed by atoms with Crippen LogP contribution in [0.2, 0.25) is 0 Å². The van der Waals surface area contributed by atoms with Crippen LogP contribution in [0.3, 0.4) is 0 Å². The highest BCUT2D eigenvalue weighted by Gasteiger charge is 2.08. The summed E-state index contributed by atoms with van der Waals surface area (Å²) >= 11 is 1.50. The molecule has 3 rings (SSSR count). The van der Waals surface area contributed by atoms with Crippen molar-refractivity contribution in [3.63, 3.8) is 0 Å². The Hall–Kier alpha value is -2.73. The number of aromatic nitrogens is 1. The lowest BCUT2D eigenvalue weighted by Crippen LogP contribution is -2.25. The Morgan fingerprint density at radius 1 is 1.12 bits per heavy atom. The van der Waals surface area contributed by atoms with Crippen molar-refractivity contribution in [2.45, 2.75) is 19.3 Å². The van der Waals surface area contributed by atoms with Gasteiger partial charge in [0.05, 0.1) is 10.7 Å². The van der Waals surface area contributed by atoms with Gasteiger partial charge < -0.3 is 10.4 Å². The van der Waals surface area contributed by atoms with Crippen LogP contribution < -0.4 is 5.32 Å². The molecule has 0 aliphatic heterocycles. The molecule has 26 heavy (non-hydrogen) atoms. The number of carbonyl (C=O) groups excluding carboxylic acids is 1. The molecule has 0 aliphatic rings. The van der Waals surface area contributed by atoms with Crippen LogP contribution in [0.15, 0.2) is 53.9 Å². The van der Waals surface area contributed by atoms with Crippen molar-refractivity contribution in [2.24, 2.45) is 0 Å². The summed E-state index contributed by atoms with van der Waals surface area (Å²) in [5, 5.41) is 15.3. The Morgan fingerprint density at radius 2 is 1.88 bits per heavy atom. The summed E-state index contributed by atoms with van der Waals surface area (Å²) < 4.78 is 13.0. The third-order valence-electron chi connectivity index (χ3n) is 3.97. The Kier molecular flexibility index (Phi) is 5.96. The van der Waals surface area contributed by atoms with E-state index in [4.69, 9.17) is 0 Å². The number of phenolic OH excluding ortho intramolecular Hbond substituents is 1. The molecule has 0 radical (unpaired) electrons. The van der Waals surface area contributed by atoms with Gasteiger partial charge in [0.1, 0.15) is 11.6 Å². The first-order chi connectivity index (χ1) is 12.6. The summed E-state index contributed by atoms with van der Waals surface area (Å²) in [7, 11) is 0. The van der Waals surface area contributed by atoms with E-state index < -0.39 is 0 Å². The number of benzene rings is 2. The van der Waals surface area contributed by atoms with E-state index in [-0.39, 0.29) is 17.5 Å². The molecule has 2 N–H and O–H groups in total. The van der Waals surface area contributed by atoms with Crippen LogP contribution in [0.25, 0.3) is 11.3 Å². The Labute approximate surface area is 155 Å². The van der Waals surface area contributed by atoms with Crippen LogP contribution in [0.1, 0.15) is 17.0 Å². The summed E-state index contributed by atoms with van der Waals surface area (Å²) in [5.74, 6) is -0.0681. The topological polar surface area (TPSA) is 62.2 Å². The van der Waals surface area contributed by atoms with Gasteiger partial charge in [-0.1, -0.05) is 18.2 Å². The largest absolute Gasteiger partial charge is 0.508 e. The van der Waals surface area contributed by atoms with Gasteiger partial charge >= 0.3 is 0 Å². The van der Waals surface area contributed by atoms with Crippen LogP contribution >= 0.6 is 11.3 Å². The fourth-order valence-corrected chi connectivity index (χ4v) is 3.35. The second-order valence-corrected chi connectivity index (χ2v) is 6.80. The predicted molar refractivity (Wildman–Crippen MR) is 101 cm³/mol. The van der Waals surface area contributed by atoms with E-state index >= 15 is 0 Å². The quantitative estimate of drug-likeness (QED) is 0.662. The maximum atomic E-state index is 13.0. The number of aryl methyl sites for hydroxylation is 1. The number of hydrogen-bond acceptors (Lipinski definition) is 4. The molecule has 1 aromatic heterocycles. The zero-order valence-electron chi connectivity index (χ0n) is 14.1. The third-order valence-corrected chi connectivity index (χ3v) is 4.87. The predicted octanol–water partition coefficient (Wildman–Crippen LogP) is 3.95. The van der Waals surface area contributed by atoms with Gasteiger partial charge in [0, 0.05) is 30.3 Å². The van der Waals surface area contributed by atoms with Crippen LogP contribution in [0, 0.1) is 5.82 Å². The monoisotopic (exact) mass is 370 g/mol. The number of thiazole rings is 1. The minimum absolute atomic E-state index is 0.0426. The number of phenols is 1. The molecule has 2 aromatic carbocycles. The highest BCUT2D eigenvalue weighted by atomic mass is 32.1. The molecule has 4 nitrogen and oxygen atoms in total. The second-order valence-electron chi connectivity index (χ2n) is 5.86. The first kappa shape index (κ1) is 18.1. The first-order valence-electron chi connectivity index (χ1n) is 8.36. The molecule has 0 atom stereocenters. The first-order valence-corrected chi connectivity index (χ1v) is 9.24. The van der Waals surface area contributed by atoms with Crippen molar-refractivity contribution in [1.82, 2.24) is 10.3 Å². The van der Waals surface area contributed by atoms with Crippen molar-refractivity contribution in [1.29, 1.82) is 0 Å². The van der Waals surface area contributed by atoms with Gasteiger partial charge in [-0.25, -0.2) is 9.37 Å². The smallest absolute Gasteiger partial charge is 0.220 e. The van der Waals surface area contributed by atoms with E-state index in [9.17, 15) is 14.3 Å². The highest BCUT2D eigenvalue weighted by molar-refractivity contribution is 7.09. The van der Waals surface area contributed by atoms with Crippen molar-refractivity contribution in [2.75, 3.05) is 6.54 Å². The molecule has 0 fully saturated rings. The maximum absolute atomic E-state index is 13.0. The molecule has 1 amide bonds. The SMILES string of the molecule is O=C(CCc1nc(-c2ccc(F)cc2)cs1)NCCc1ccccc1O. The number of para-hydroxylation sites is 1. The normalized spacial score (nSPS) is 10.7. The Bertz CT molecular complexity index is 878. The van der Waals surface area contributed by atoms with Crippen LogP contribution in [0.4, 0.5) is 4.39 Å². The summed E-state index contributed by atoms with van der Waals surface area (Å²) in [6.45, 7) is 0.481. The van der Waals surface area contributed by atoms with Crippen molar-refractivity contribution in [3.05, 3.63) is 70.3 Å². The zero-order chi connectivity index (χ0) is 18.4. The lowest BCUT2D eigenvalue weighted by Gasteiger charge is -2.06. The fourth-order valence-electron chi connectivity index (χ4n) is 2.55. The van der Waals surface area contributed by atoms with Gasteiger partial charge in [0.15, 0.2) is 0 Å². The summed E-state index contributed by atoms with van der Waals surface area (Å²) in [6, 6.07) is 13.3. The number of nitrogens with one attached hydrogen (secondary N) is 1. The van der Waals surface area contributed by atoms with Crippen molar-refractivity contribution >= 4 is 17.2 Å². The number of rotatable bonds is 7. The highest BCUT2D eigenvalue weighted by Crippen LogP contribution is 2.23. The molecule has 3 aromatic rings. The standard InChI is InChI=1S/C20H19FN2O2S/c21-16-7-5-14(6-8-16)17-13-26-20(23-17)10-9-19(25)22-12-11-15-3-1-2-4-18(15)24/h1-8,13,24H,9-12H2,(H,22,25). The lowest BCUT2D eigenvalue weighted by molar-refractivity contribution is -0.121. The molecule has 0 spiro atoms. The maximum Gasteiger partial charge on any atom is 0.220 e.